The van der Waals surface area contributed by atoms with Gasteiger partial charge < -0.3 is 9.13 Å². The third-order valence-electron chi connectivity index (χ3n) is 9.89. The minimum Gasteiger partial charge on any atom is -0.307 e. The Hall–Kier alpha value is -6.38. The Morgan fingerprint density at radius 3 is 1.33 bits per heavy atom. The van der Waals surface area contributed by atoms with Gasteiger partial charge in [-0.25, -0.2) is 0 Å². The van der Waals surface area contributed by atoms with Crippen LogP contribution in [-0.4, -0.2) is 9.13 Å². The van der Waals surface area contributed by atoms with E-state index in [0.29, 0.717) is 0 Å². The monoisotopic (exact) mass is 610 g/mol. The lowest BCUT2D eigenvalue weighted by atomic mass is 10.0. The molecule has 2 heterocycles. The summed E-state index contributed by atoms with van der Waals surface area (Å²) in [4.78, 5) is 0. The highest BCUT2D eigenvalue weighted by Crippen LogP contribution is 2.42. The molecule has 0 atom stereocenters. The summed E-state index contributed by atoms with van der Waals surface area (Å²) in [5.41, 5.74) is 12.1. The molecule has 0 amide bonds. The van der Waals surface area contributed by atoms with E-state index >= 15 is 0 Å². The highest BCUT2D eigenvalue weighted by atomic mass is 15.0. The normalized spacial score (nSPS) is 11.8. The third kappa shape index (κ3) is 4.06. The van der Waals surface area contributed by atoms with Crippen LogP contribution in [0.5, 0.6) is 0 Å². The Balaban J connectivity index is 1.26. The molecule has 0 saturated heterocycles. The van der Waals surface area contributed by atoms with Crippen LogP contribution in [0.2, 0.25) is 0 Å². The summed E-state index contributed by atoms with van der Waals surface area (Å²) in [7, 11) is 0. The minimum absolute atomic E-state index is 1.15. The molecule has 0 radical (unpaired) electrons. The molecule has 0 fully saturated rings. The lowest BCUT2D eigenvalue weighted by Crippen LogP contribution is -1.99. The number of fused-ring (bicyclic) bond motifs is 8. The SMILES string of the molecule is c1ccc(-c2ccc(-n3c4ccccc4c4ccc5c6ccccc6n(-c6ccc7cc(-c8ccccc8)ccc7c6)c5c43)cc2)cc1. The van der Waals surface area contributed by atoms with E-state index in [-0.39, 0.29) is 0 Å². The predicted molar refractivity (Wildman–Crippen MR) is 203 cm³/mol. The molecule has 2 aromatic heterocycles. The van der Waals surface area contributed by atoms with Crippen molar-refractivity contribution in [1.82, 2.24) is 9.13 Å². The standard InChI is InChI=1S/C46H30N2/c1-3-11-31(12-4-1)33-21-24-37(25-22-33)47-43-17-9-7-15-39(43)41-27-28-42-40-16-8-10-18-44(40)48(46(42)45(41)47)38-26-23-35-29-34(19-20-36(35)30-38)32-13-5-2-6-14-32/h1-30H. The van der Waals surface area contributed by atoms with Crippen LogP contribution in [0.15, 0.2) is 182 Å². The quantitative estimate of drug-likeness (QED) is 0.188. The number of para-hydroxylation sites is 2. The van der Waals surface area contributed by atoms with E-state index in [0.717, 1.165) is 11.4 Å². The van der Waals surface area contributed by atoms with Crippen molar-refractivity contribution in [2.45, 2.75) is 0 Å². The highest BCUT2D eigenvalue weighted by molar-refractivity contribution is 6.23. The smallest absolute Gasteiger partial charge is 0.0788 e. The number of aromatic nitrogens is 2. The van der Waals surface area contributed by atoms with Crippen LogP contribution in [0.1, 0.15) is 0 Å². The molecule has 0 N–H and O–H groups in total. The van der Waals surface area contributed by atoms with Crippen LogP contribution >= 0.6 is 0 Å². The zero-order chi connectivity index (χ0) is 31.6. The second kappa shape index (κ2) is 10.6. The van der Waals surface area contributed by atoms with Crippen molar-refractivity contribution < 1.29 is 0 Å². The first-order chi connectivity index (χ1) is 23.8. The van der Waals surface area contributed by atoms with Gasteiger partial charge in [-0.2, -0.15) is 0 Å². The summed E-state index contributed by atoms with van der Waals surface area (Å²) in [6, 6.07) is 66.2. The van der Waals surface area contributed by atoms with Gasteiger partial charge in [-0.05, 0) is 75.5 Å². The number of hydrogen-bond donors (Lipinski definition) is 0. The fourth-order valence-electron chi connectivity index (χ4n) is 7.65. The van der Waals surface area contributed by atoms with Gasteiger partial charge in [0.15, 0.2) is 0 Å². The maximum absolute atomic E-state index is 2.48. The van der Waals surface area contributed by atoms with Crippen LogP contribution < -0.4 is 0 Å². The first-order valence-electron chi connectivity index (χ1n) is 16.5. The van der Waals surface area contributed by atoms with E-state index in [4.69, 9.17) is 0 Å². The maximum Gasteiger partial charge on any atom is 0.0788 e. The zero-order valence-corrected chi connectivity index (χ0v) is 26.2. The van der Waals surface area contributed by atoms with E-state index in [1.165, 1.54) is 76.6 Å². The number of rotatable bonds is 4. The van der Waals surface area contributed by atoms with Crippen molar-refractivity contribution in [3.8, 4) is 33.6 Å². The fraction of sp³-hybridized carbons (Fsp3) is 0. The summed E-state index contributed by atoms with van der Waals surface area (Å²) in [5, 5.41) is 7.47. The van der Waals surface area contributed by atoms with Crippen LogP contribution in [0.25, 0.3) is 88.0 Å². The van der Waals surface area contributed by atoms with Crippen molar-refractivity contribution in [3.05, 3.63) is 182 Å². The summed E-state index contributed by atoms with van der Waals surface area (Å²) in [5.74, 6) is 0. The fourth-order valence-corrected chi connectivity index (χ4v) is 7.65. The average Bonchev–Trinajstić information content (AvgIpc) is 3.68. The average molecular weight is 611 g/mol. The molecule has 0 unspecified atom stereocenters. The van der Waals surface area contributed by atoms with Crippen molar-refractivity contribution in [2.24, 2.45) is 0 Å². The molecule has 224 valence electrons. The molecular formula is C46H30N2. The molecule has 0 aliphatic rings. The van der Waals surface area contributed by atoms with E-state index < -0.39 is 0 Å². The predicted octanol–water partition coefficient (Wildman–Crippen LogP) is 12.4. The Bertz CT molecular complexity index is 2800. The number of hydrogen-bond acceptors (Lipinski definition) is 0. The summed E-state index contributed by atoms with van der Waals surface area (Å²) >= 11 is 0. The van der Waals surface area contributed by atoms with E-state index in [2.05, 4.69) is 191 Å². The third-order valence-corrected chi connectivity index (χ3v) is 9.89. The van der Waals surface area contributed by atoms with Gasteiger partial charge in [-0.15, -0.1) is 0 Å². The van der Waals surface area contributed by atoms with E-state index in [9.17, 15) is 0 Å². The Morgan fingerprint density at radius 2 is 0.708 bits per heavy atom. The Labute approximate surface area is 278 Å². The van der Waals surface area contributed by atoms with Gasteiger partial charge in [0.1, 0.15) is 0 Å². The molecule has 0 spiro atoms. The van der Waals surface area contributed by atoms with Gasteiger partial charge in [0, 0.05) is 32.9 Å². The van der Waals surface area contributed by atoms with Gasteiger partial charge in [-0.1, -0.05) is 140 Å². The zero-order valence-electron chi connectivity index (χ0n) is 26.2. The second-order valence-electron chi connectivity index (χ2n) is 12.6. The summed E-state index contributed by atoms with van der Waals surface area (Å²) in [6.45, 7) is 0. The Kier molecular flexibility index (Phi) is 5.91. The molecule has 48 heavy (non-hydrogen) atoms. The van der Waals surface area contributed by atoms with Gasteiger partial charge in [-0.3, -0.25) is 0 Å². The van der Waals surface area contributed by atoms with E-state index in [1.807, 2.05) is 0 Å². The van der Waals surface area contributed by atoms with Gasteiger partial charge >= 0.3 is 0 Å². The van der Waals surface area contributed by atoms with Gasteiger partial charge in [0.25, 0.3) is 0 Å². The van der Waals surface area contributed by atoms with Crippen LogP contribution in [0.3, 0.4) is 0 Å². The first kappa shape index (κ1) is 26.8. The topological polar surface area (TPSA) is 9.86 Å². The summed E-state index contributed by atoms with van der Waals surface area (Å²) < 4.78 is 4.94. The van der Waals surface area contributed by atoms with Crippen molar-refractivity contribution in [2.75, 3.05) is 0 Å². The van der Waals surface area contributed by atoms with Gasteiger partial charge in [0.2, 0.25) is 0 Å². The maximum atomic E-state index is 2.48. The molecule has 0 aliphatic heterocycles. The summed E-state index contributed by atoms with van der Waals surface area (Å²) in [6.07, 6.45) is 0. The first-order valence-corrected chi connectivity index (χ1v) is 16.5. The molecule has 10 rings (SSSR count). The van der Waals surface area contributed by atoms with Crippen molar-refractivity contribution >= 4 is 54.4 Å². The Morgan fingerprint density at radius 1 is 0.271 bits per heavy atom. The van der Waals surface area contributed by atoms with Crippen molar-refractivity contribution in [3.63, 3.8) is 0 Å². The molecule has 0 saturated carbocycles. The van der Waals surface area contributed by atoms with Crippen LogP contribution in [-0.2, 0) is 0 Å². The van der Waals surface area contributed by atoms with Crippen molar-refractivity contribution in [1.29, 1.82) is 0 Å². The molecule has 0 aliphatic carbocycles. The molecule has 8 aromatic carbocycles. The lowest BCUT2D eigenvalue weighted by Gasteiger charge is -2.14. The van der Waals surface area contributed by atoms with Crippen LogP contribution in [0, 0.1) is 0 Å². The largest absolute Gasteiger partial charge is 0.307 e. The number of benzene rings is 8. The highest BCUT2D eigenvalue weighted by Gasteiger charge is 2.21. The molecule has 2 heteroatoms. The minimum atomic E-state index is 1.15. The molecule has 0 bridgehead atoms. The molecule has 10 aromatic rings. The second-order valence-corrected chi connectivity index (χ2v) is 12.6. The van der Waals surface area contributed by atoms with Crippen LogP contribution in [0.4, 0.5) is 0 Å². The molecular weight excluding hydrogens is 581 g/mol. The number of nitrogens with zero attached hydrogens (tertiary/aromatic N) is 2. The van der Waals surface area contributed by atoms with Gasteiger partial charge in [0.05, 0.1) is 22.1 Å². The lowest BCUT2D eigenvalue weighted by molar-refractivity contribution is 1.15. The molecule has 2 nitrogen and oxygen atoms in total. The van der Waals surface area contributed by atoms with E-state index in [1.54, 1.807) is 0 Å².